The Balaban J connectivity index is 2.20. The van der Waals surface area contributed by atoms with Gasteiger partial charge in [0, 0.05) is 24.3 Å². The molecule has 1 aromatic heterocycles. The van der Waals surface area contributed by atoms with Gasteiger partial charge < -0.3 is 5.32 Å². The standard InChI is InChI=1S/C13H18N4O2S/c1-10(12-8-15-16-9-12)17-20(18,19)13-5-3-4-11(6-13)7-14-2/h3-6,8-10,14,17H,7H2,1-2H3,(H,15,16). The monoisotopic (exact) mass is 294 g/mol. The van der Waals surface area contributed by atoms with E-state index in [0.717, 1.165) is 11.1 Å². The molecule has 0 bridgehead atoms. The summed E-state index contributed by atoms with van der Waals surface area (Å²) >= 11 is 0. The van der Waals surface area contributed by atoms with Crippen LogP contribution in [0.15, 0.2) is 41.6 Å². The lowest BCUT2D eigenvalue weighted by molar-refractivity contribution is 0.567. The van der Waals surface area contributed by atoms with E-state index in [1.807, 2.05) is 13.1 Å². The van der Waals surface area contributed by atoms with Crippen molar-refractivity contribution in [2.75, 3.05) is 7.05 Å². The number of H-pyrrole nitrogens is 1. The molecule has 2 aromatic rings. The number of nitrogens with zero attached hydrogens (tertiary/aromatic N) is 1. The van der Waals surface area contributed by atoms with E-state index >= 15 is 0 Å². The summed E-state index contributed by atoms with van der Waals surface area (Å²) in [6.45, 7) is 2.40. The summed E-state index contributed by atoms with van der Waals surface area (Å²) in [5.74, 6) is 0. The highest BCUT2D eigenvalue weighted by Gasteiger charge is 2.19. The van der Waals surface area contributed by atoms with Gasteiger partial charge in [-0.1, -0.05) is 12.1 Å². The number of hydrogen-bond acceptors (Lipinski definition) is 4. The molecule has 20 heavy (non-hydrogen) atoms. The smallest absolute Gasteiger partial charge is 0.241 e. The van der Waals surface area contributed by atoms with Crippen LogP contribution < -0.4 is 10.0 Å². The van der Waals surface area contributed by atoms with Crippen molar-refractivity contribution >= 4 is 10.0 Å². The highest BCUT2D eigenvalue weighted by Crippen LogP contribution is 2.16. The third-order valence-electron chi connectivity index (χ3n) is 2.94. The third-order valence-corrected chi connectivity index (χ3v) is 4.48. The van der Waals surface area contributed by atoms with Crippen molar-refractivity contribution < 1.29 is 8.42 Å². The Bertz CT molecular complexity index is 653. The Morgan fingerprint density at radius 1 is 1.40 bits per heavy atom. The normalized spacial score (nSPS) is 13.3. The average Bonchev–Trinajstić information content (AvgIpc) is 2.93. The van der Waals surface area contributed by atoms with E-state index in [1.165, 1.54) is 0 Å². The first-order valence-corrected chi connectivity index (χ1v) is 7.76. The van der Waals surface area contributed by atoms with Crippen LogP contribution in [0.1, 0.15) is 24.1 Å². The average molecular weight is 294 g/mol. The molecule has 0 aliphatic carbocycles. The SMILES string of the molecule is CNCc1cccc(S(=O)(=O)NC(C)c2cn[nH]c2)c1. The molecule has 0 aliphatic rings. The van der Waals surface area contributed by atoms with E-state index in [2.05, 4.69) is 20.2 Å². The predicted molar refractivity (Wildman–Crippen MR) is 76.5 cm³/mol. The molecule has 7 heteroatoms. The first-order valence-electron chi connectivity index (χ1n) is 6.27. The maximum absolute atomic E-state index is 12.3. The maximum atomic E-state index is 12.3. The fraction of sp³-hybridized carbons (Fsp3) is 0.308. The van der Waals surface area contributed by atoms with Gasteiger partial charge >= 0.3 is 0 Å². The second-order valence-electron chi connectivity index (χ2n) is 4.55. The zero-order valence-electron chi connectivity index (χ0n) is 11.4. The first kappa shape index (κ1) is 14.7. The molecule has 1 atom stereocenters. The van der Waals surface area contributed by atoms with Gasteiger partial charge in [0.2, 0.25) is 10.0 Å². The highest BCUT2D eigenvalue weighted by molar-refractivity contribution is 7.89. The minimum absolute atomic E-state index is 0.264. The van der Waals surface area contributed by atoms with Crippen LogP contribution in [0.25, 0.3) is 0 Å². The number of nitrogens with one attached hydrogen (secondary N) is 3. The van der Waals surface area contributed by atoms with E-state index in [4.69, 9.17) is 0 Å². The van der Waals surface area contributed by atoms with E-state index < -0.39 is 10.0 Å². The third kappa shape index (κ3) is 3.44. The lowest BCUT2D eigenvalue weighted by Crippen LogP contribution is -2.26. The number of hydrogen-bond donors (Lipinski definition) is 3. The molecular weight excluding hydrogens is 276 g/mol. The van der Waals surface area contributed by atoms with Gasteiger partial charge in [-0.25, -0.2) is 13.1 Å². The Hall–Kier alpha value is -1.70. The first-order chi connectivity index (χ1) is 9.53. The predicted octanol–water partition coefficient (Wildman–Crippen LogP) is 1.17. The quantitative estimate of drug-likeness (QED) is 0.746. The molecule has 0 radical (unpaired) electrons. The molecule has 0 spiro atoms. The summed E-state index contributed by atoms with van der Waals surface area (Å²) in [5.41, 5.74) is 1.71. The summed E-state index contributed by atoms with van der Waals surface area (Å²) in [6, 6.07) is 6.54. The lowest BCUT2D eigenvalue weighted by Gasteiger charge is -2.13. The fourth-order valence-electron chi connectivity index (χ4n) is 1.89. The van der Waals surface area contributed by atoms with Crippen molar-refractivity contribution in [3.63, 3.8) is 0 Å². The van der Waals surface area contributed by atoms with Gasteiger partial charge in [0.25, 0.3) is 0 Å². The van der Waals surface area contributed by atoms with Gasteiger partial charge in [0.05, 0.1) is 11.1 Å². The van der Waals surface area contributed by atoms with Crippen LogP contribution in [0.4, 0.5) is 0 Å². The maximum Gasteiger partial charge on any atom is 0.241 e. The molecule has 0 fully saturated rings. The largest absolute Gasteiger partial charge is 0.316 e. The van der Waals surface area contributed by atoms with Gasteiger partial charge in [-0.05, 0) is 31.7 Å². The van der Waals surface area contributed by atoms with Crippen molar-refractivity contribution in [2.24, 2.45) is 0 Å². The zero-order chi connectivity index (χ0) is 14.6. The van der Waals surface area contributed by atoms with Crippen molar-refractivity contribution in [1.29, 1.82) is 0 Å². The number of benzene rings is 1. The van der Waals surface area contributed by atoms with Crippen LogP contribution in [0.3, 0.4) is 0 Å². The van der Waals surface area contributed by atoms with Crippen molar-refractivity contribution in [3.05, 3.63) is 47.8 Å². The van der Waals surface area contributed by atoms with Gasteiger partial charge in [0.15, 0.2) is 0 Å². The molecule has 0 amide bonds. The molecule has 0 aliphatic heterocycles. The number of rotatable bonds is 6. The Morgan fingerprint density at radius 2 is 2.20 bits per heavy atom. The summed E-state index contributed by atoms with van der Waals surface area (Å²) < 4.78 is 27.3. The summed E-state index contributed by atoms with van der Waals surface area (Å²) in [5, 5.41) is 9.48. The van der Waals surface area contributed by atoms with E-state index in [9.17, 15) is 8.42 Å². The van der Waals surface area contributed by atoms with Crippen LogP contribution in [-0.2, 0) is 16.6 Å². The van der Waals surface area contributed by atoms with Gasteiger partial charge in [0.1, 0.15) is 0 Å². The number of aromatic amines is 1. The van der Waals surface area contributed by atoms with Crippen LogP contribution in [0.5, 0.6) is 0 Å². The molecule has 0 saturated carbocycles. The molecule has 0 saturated heterocycles. The molecule has 108 valence electrons. The minimum Gasteiger partial charge on any atom is -0.316 e. The Labute approximate surface area is 118 Å². The topological polar surface area (TPSA) is 86.9 Å². The van der Waals surface area contributed by atoms with E-state index in [-0.39, 0.29) is 10.9 Å². The fourth-order valence-corrected chi connectivity index (χ4v) is 3.20. The number of aromatic nitrogens is 2. The van der Waals surface area contributed by atoms with Gasteiger partial charge in [-0.3, -0.25) is 5.10 Å². The second kappa shape index (κ2) is 6.17. The van der Waals surface area contributed by atoms with Gasteiger partial charge in [-0.2, -0.15) is 5.10 Å². The second-order valence-corrected chi connectivity index (χ2v) is 6.27. The van der Waals surface area contributed by atoms with Crippen LogP contribution in [0.2, 0.25) is 0 Å². The molecule has 1 unspecified atom stereocenters. The lowest BCUT2D eigenvalue weighted by atomic mass is 10.2. The Morgan fingerprint density at radius 3 is 2.85 bits per heavy atom. The molecule has 2 rings (SSSR count). The summed E-state index contributed by atoms with van der Waals surface area (Å²) in [4.78, 5) is 0.264. The number of sulfonamides is 1. The minimum atomic E-state index is -3.55. The van der Waals surface area contributed by atoms with E-state index in [0.29, 0.717) is 6.54 Å². The Kier molecular flexibility index (Phi) is 4.53. The van der Waals surface area contributed by atoms with Gasteiger partial charge in [-0.15, -0.1) is 0 Å². The highest BCUT2D eigenvalue weighted by atomic mass is 32.2. The zero-order valence-corrected chi connectivity index (χ0v) is 12.2. The molecule has 6 nitrogen and oxygen atoms in total. The summed E-state index contributed by atoms with van der Waals surface area (Å²) in [6.07, 6.45) is 3.27. The van der Waals surface area contributed by atoms with Crippen molar-refractivity contribution in [2.45, 2.75) is 24.4 Å². The molecule has 1 aromatic carbocycles. The van der Waals surface area contributed by atoms with Crippen molar-refractivity contribution in [1.82, 2.24) is 20.2 Å². The van der Waals surface area contributed by atoms with Crippen molar-refractivity contribution in [3.8, 4) is 0 Å². The molecular formula is C13H18N4O2S. The molecule has 3 N–H and O–H groups in total. The van der Waals surface area contributed by atoms with Crippen LogP contribution in [-0.4, -0.2) is 25.7 Å². The van der Waals surface area contributed by atoms with Crippen LogP contribution in [0, 0.1) is 0 Å². The van der Waals surface area contributed by atoms with E-state index in [1.54, 1.807) is 37.5 Å². The van der Waals surface area contributed by atoms with Crippen LogP contribution >= 0.6 is 0 Å². The summed E-state index contributed by atoms with van der Waals surface area (Å²) in [7, 11) is -1.73. The molecule has 1 heterocycles.